The third-order valence-corrected chi connectivity index (χ3v) is 4.71. The molecule has 2 aromatic rings. The first-order chi connectivity index (χ1) is 11.8. The van der Waals surface area contributed by atoms with Gasteiger partial charge in [-0.3, -0.25) is 9.89 Å². The number of hydrogen-bond acceptors (Lipinski definition) is 4. The van der Waals surface area contributed by atoms with Gasteiger partial charge in [-0.05, 0) is 52.3 Å². The number of rotatable bonds is 4. The van der Waals surface area contributed by atoms with Crippen LogP contribution in [0.25, 0.3) is 0 Å². The maximum Gasteiger partial charge on any atom is 0.228 e. The molecule has 1 aliphatic heterocycles. The van der Waals surface area contributed by atoms with E-state index in [0.29, 0.717) is 13.2 Å². The summed E-state index contributed by atoms with van der Waals surface area (Å²) in [7, 11) is 0. The van der Waals surface area contributed by atoms with Crippen LogP contribution in [0.5, 0.6) is 11.5 Å². The van der Waals surface area contributed by atoms with Crippen LogP contribution >= 0.6 is 0 Å². The Balaban J connectivity index is 1.80. The van der Waals surface area contributed by atoms with Crippen molar-refractivity contribution < 1.29 is 14.3 Å². The third kappa shape index (κ3) is 3.34. The van der Waals surface area contributed by atoms with Gasteiger partial charge in [0.25, 0.3) is 0 Å². The highest BCUT2D eigenvalue weighted by Gasteiger charge is 2.29. The molecule has 1 amide bonds. The van der Waals surface area contributed by atoms with E-state index in [1.54, 1.807) is 0 Å². The number of nitrogens with zero attached hydrogens (tertiary/aromatic N) is 1. The number of hydrogen-bond donors (Lipinski definition) is 2. The molecule has 0 aliphatic carbocycles. The molecule has 6 nitrogen and oxygen atoms in total. The number of benzene rings is 1. The molecule has 2 heterocycles. The quantitative estimate of drug-likeness (QED) is 0.895. The Morgan fingerprint density at radius 3 is 2.56 bits per heavy atom. The van der Waals surface area contributed by atoms with E-state index in [2.05, 4.69) is 15.5 Å². The number of aromatic amines is 1. The van der Waals surface area contributed by atoms with Crippen molar-refractivity contribution in [3.05, 3.63) is 40.7 Å². The molecule has 0 spiro atoms. The number of carbonyl (C=O) groups is 1. The van der Waals surface area contributed by atoms with Gasteiger partial charge in [-0.15, -0.1) is 0 Å². The fraction of sp³-hybridized carbons (Fsp3) is 0.474. The zero-order chi connectivity index (χ0) is 18.2. The number of H-pyrrole nitrogens is 1. The number of nitrogens with one attached hydrogen (secondary N) is 2. The van der Waals surface area contributed by atoms with Crippen molar-refractivity contribution in [1.82, 2.24) is 15.5 Å². The molecule has 0 saturated heterocycles. The lowest BCUT2D eigenvalue weighted by Gasteiger charge is -2.30. The van der Waals surface area contributed by atoms with E-state index < -0.39 is 5.54 Å². The van der Waals surface area contributed by atoms with E-state index in [1.165, 1.54) is 0 Å². The van der Waals surface area contributed by atoms with Gasteiger partial charge in [-0.25, -0.2) is 0 Å². The van der Waals surface area contributed by atoms with Crippen molar-refractivity contribution in [1.29, 1.82) is 0 Å². The van der Waals surface area contributed by atoms with Gasteiger partial charge in [0.15, 0.2) is 11.5 Å². The Kier molecular flexibility index (Phi) is 4.45. The second-order valence-electron chi connectivity index (χ2n) is 7.04. The predicted molar refractivity (Wildman–Crippen MR) is 95.1 cm³/mol. The molecule has 0 bridgehead atoms. The normalized spacial score (nSPS) is 14.9. The number of amides is 1. The fourth-order valence-electron chi connectivity index (χ4n) is 3.25. The molecule has 6 heteroatoms. The highest BCUT2D eigenvalue weighted by Crippen LogP contribution is 2.34. The Labute approximate surface area is 147 Å². The first-order valence-electron chi connectivity index (χ1n) is 8.53. The number of aryl methyl sites for hydroxylation is 2. The Morgan fingerprint density at radius 2 is 1.92 bits per heavy atom. The standard InChI is InChI=1S/C19H25N3O3/c1-11(17-12(2)21-22-13(17)3)18(23)20-19(4,5)14-6-7-15-16(10-14)25-9-8-24-15/h6-7,10-11H,8-9H2,1-5H3,(H,20,23)(H,21,22)/t11-/m0/s1. The minimum atomic E-state index is -0.535. The van der Waals surface area contributed by atoms with Crippen molar-refractivity contribution in [3.63, 3.8) is 0 Å². The largest absolute Gasteiger partial charge is 0.486 e. The number of fused-ring (bicyclic) bond motifs is 1. The second kappa shape index (κ2) is 6.43. The monoisotopic (exact) mass is 343 g/mol. The summed E-state index contributed by atoms with van der Waals surface area (Å²) in [5, 5.41) is 10.3. The topological polar surface area (TPSA) is 76.2 Å². The SMILES string of the molecule is Cc1n[nH]c(C)c1[C@H](C)C(=O)NC(C)(C)c1ccc2c(c1)OCCO2. The van der Waals surface area contributed by atoms with Crippen molar-refractivity contribution in [2.75, 3.05) is 13.2 Å². The van der Waals surface area contributed by atoms with Crippen molar-refractivity contribution in [2.24, 2.45) is 0 Å². The van der Waals surface area contributed by atoms with E-state index in [-0.39, 0.29) is 11.8 Å². The Hall–Kier alpha value is -2.50. The molecule has 2 N–H and O–H groups in total. The van der Waals surface area contributed by atoms with Gasteiger partial charge in [0.1, 0.15) is 13.2 Å². The lowest BCUT2D eigenvalue weighted by atomic mass is 9.91. The Morgan fingerprint density at radius 1 is 1.24 bits per heavy atom. The summed E-state index contributed by atoms with van der Waals surface area (Å²) >= 11 is 0. The van der Waals surface area contributed by atoms with Crippen LogP contribution in [0.2, 0.25) is 0 Å². The summed E-state index contributed by atoms with van der Waals surface area (Å²) in [5.41, 5.74) is 3.18. The van der Waals surface area contributed by atoms with Crippen LogP contribution in [0.3, 0.4) is 0 Å². The smallest absolute Gasteiger partial charge is 0.228 e. The molecule has 0 radical (unpaired) electrons. The number of ether oxygens (including phenoxy) is 2. The van der Waals surface area contributed by atoms with Crippen molar-refractivity contribution >= 4 is 5.91 Å². The fourth-order valence-corrected chi connectivity index (χ4v) is 3.25. The lowest BCUT2D eigenvalue weighted by molar-refractivity contribution is -0.123. The van der Waals surface area contributed by atoms with Crippen LogP contribution in [0.1, 0.15) is 49.2 Å². The molecule has 0 fully saturated rings. The van der Waals surface area contributed by atoms with Gasteiger partial charge >= 0.3 is 0 Å². The van der Waals surface area contributed by atoms with Gasteiger partial charge in [0.05, 0.1) is 17.2 Å². The van der Waals surface area contributed by atoms with E-state index in [9.17, 15) is 4.79 Å². The first-order valence-corrected chi connectivity index (χ1v) is 8.53. The molecule has 1 aromatic heterocycles. The molecule has 3 rings (SSSR count). The van der Waals surface area contributed by atoms with E-state index >= 15 is 0 Å². The molecule has 0 saturated carbocycles. The molecule has 134 valence electrons. The van der Waals surface area contributed by atoms with Gasteiger partial charge in [0.2, 0.25) is 5.91 Å². The summed E-state index contributed by atoms with van der Waals surface area (Å²) < 4.78 is 11.2. The molecule has 25 heavy (non-hydrogen) atoms. The maximum absolute atomic E-state index is 12.8. The second-order valence-corrected chi connectivity index (χ2v) is 7.04. The highest BCUT2D eigenvalue weighted by molar-refractivity contribution is 5.84. The van der Waals surface area contributed by atoms with Crippen LogP contribution in [0.15, 0.2) is 18.2 Å². The third-order valence-electron chi connectivity index (χ3n) is 4.71. The average molecular weight is 343 g/mol. The lowest BCUT2D eigenvalue weighted by Crippen LogP contribution is -2.43. The zero-order valence-electron chi connectivity index (χ0n) is 15.4. The van der Waals surface area contributed by atoms with Crippen LogP contribution in [-0.2, 0) is 10.3 Å². The van der Waals surface area contributed by atoms with Gasteiger partial charge in [-0.1, -0.05) is 6.07 Å². The molecule has 0 unspecified atom stereocenters. The van der Waals surface area contributed by atoms with Gasteiger partial charge < -0.3 is 14.8 Å². The summed E-state index contributed by atoms with van der Waals surface area (Å²) in [4.78, 5) is 12.8. The number of aromatic nitrogens is 2. The van der Waals surface area contributed by atoms with Crippen LogP contribution < -0.4 is 14.8 Å². The number of carbonyl (C=O) groups excluding carboxylic acids is 1. The molecular formula is C19H25N3O3. The van der Waals surface area contributed by atoms with Gasteiger partial charge in [-0.2, -0.15) is 5.10 Å². The van der Waals surface area contributed by atoms with Crippen LogP contribution in [0.4, 0.5) is 0 Å². The van der Waals surface area contributed by atoms with Crippen molar-refractivity contribution in [2.45, 2.75) is 46.1 Å². The summed E-state index contributed by atoms with van der Waals surface area (Å²) in [5.74, 6) is 1.15. The molecule has 1 aromatic carbocycles. The van der Waals surface area contributed by atoms with Gasteiger partial charge in [0, 0.05) is 11.3 Å². The highest BCUT2D eigenvalue weighted by atomic mass is 16.6. The summed E-state index contributed by atoms with van der Waals surface area (Å²) in [6.45, 7) is 10.8. The molecular weight excluding hydrogens is 318 g/mol. The minimum absolute atomic E-state index is 0.0347. The Bertz CT molecular complexity index is 776. The van der Waals surface area contributed by atoms with Crippen LogP contribution in [0, 0.1) is 13.8 Å². The first kappa shape index (κ1) is 17.3. The maximum atomic E-state index is 12.8. The van der Waals surface area contributed by atoms with E-state index in [1.807, 2.05) is 52.8 Å². The summed E-state index contributed by atoms with van der Waals surface area (Å²) in [6.07, 6.45) is 0. The van der Waals surface area contributed by atoms with E-state index in [4.69, 9.17) is 9.47 Å². The summed E-state index contributed by atoms with van der Waals surface area (Å²) in [6, 6.07) is 5.80. The predicted octanol–water partition coefficient (Wildman–Crippen LogP) is 2.95. The van der Waals surface area contributed by atoms with E-state index in [0.717, 1.165) is 34.0 Å². The molecule has 1 atom stereocenters. The minimum Gasteiger partial charge on any atom is -0.486 e. The van der Waals surface area contributed by atoms with Crippen molar-refractivity contribution in [3.8, 4) is 11.5 Å². The zero-order valence-corrected chi connectivity index (χ0v) is 15.4. The van der Waals surface area contributed by atoms with Crippen LogP contribution in [-0.4, -0.2) is 29.3 Å². The molecule has 1 aliphatic rings. The average Bonchev–Trinajstić information content (AvgIpc) is 2.92.